The van der Waals surface area contributed by atoms with Crippen molar-refractivity contribution in [3.05, 3.63) is 41.6 Å². The molecule has 0 N–H and O–H groups in total. The number of hydrogen-bond acceptors (Lipinski definition) is 4. The summed E-state index contributed by atoms with van der Waals surface area (Å²) in [5.41, 5.74) is 1.99. The Bertz CT molecular complexity index is 624. The lowest BCUT2D eigenvalue weighted by molar-refractivity contribution is 0.313. The molecule has 0 aliphatic carbocycles. The van der Waals surface area contributed by atoms with Crippen LogP contribution in [0.5, 0.6) is 0 Å². The van der Waals surface area contributed by atoms with Crippen molar-refractivity contribution in [1.82, 2.24) is 14.9 Å². The van der Waals surface area contributed by atoms with Gasteiger partial charge >= 0.3 is 0 Å². The second-order valence-corrected chi connectivity index (χ2v) is 5.57. The first-order valence-electron chi connectivity index (χ1n) is 6.84. The Kier molecular flexibility index (Phi) is 4.03. The molecule has 2 aromatic rings. The van der Waals surface area contributed by atoms with Gasteiger partial charge in [0.15, 0.2) is 0 Å². The van der Waals surface area contributed by atoms with Gasteiger partial charge in [-0.25, -0.2) is 9.37 Å². The molecule has 0 saturated carbocycles. The summed E-state index contributed by atoms with van der Waals surface area (Å²) in [6, 6.07) is 5.00. The maximum atomic E-state index is 13.9. The molecular formula is C15H16ClFN4. The molecule has 1 aliphatic heterocycles. The number of nitrogens with zero attached hydrogens (tertiary/aromatic N) is 4. The third-order valence-electron chi connectivity index (χ3n) is 3.71. The first-order valence-corrected chi connectivity index (χ1v) is 7.22. The summed E-state index contributed by atoms with van der Waals surface area (Å²) in [6.07, 6.45) is 3.20. The zero-order chi connectivity index (χ0) is 14.8. The number of rotatable bonds is 2. The van der Waals surface area contributed by atoms with Crippen LogP contribution in [0.15, 0.2) is 30.6 Å². The Labute approximate surface area is 128 Å². The molecule has 0 spiro atoms. The van der Waals surface area contributed by atoms with E-state index in [2.05, 4.69) is 26.8 Å². The normalized spacial score (nSPS) is 16.2. The Morgan fingerprint density at radius 2 is 1.86 bits per heavy atom. The van der Waals surface area contributed by atoms with E-state index in [-0.39, 0.29) is 5.15 Å². The van der Waals surface area contributed by atoms with E-state index in [0.717, 1.165) is 31.9 Å². The highest BCUT2D eigenvalue weighted by Gasteiger charge is 2.15. The highest BCUT2D eigenvalue weighted by molar-refractivity contribution is 6.29. The van der Waals surface area contributed by atoms with Gasteiger partial charge < -0.3 is 9.80 Å². The fourth-order valence-corrected chi connectivity index (χ4v) is 2.54. The van der Waals surface area contributed by atoms with Gasteiger partial charge in [0.1, 0.15) is 11.0 Å². The largest absolute Gasteiger partial charge is 0.368 e. The van der Waals surface area contributed by atoms with Crippen LogP contribution in [0.2, 0.25) is 5.15 Å². The van der Waals surface area contributed by atoms with Gasteiger partial charge in [-0.15, -0.1) is 0 Å². The van der Waals surface area contributed by atoms with Gasteiger partial charge in [-0.3, -0.25) is 4.98 Å². The molecule has 110 valence electrons. The maximum Gasteiger partial charge on any atom is 0.137 e. The molecule has 0 unspecified atom stereocenters. The van der Waals surface area contributed by atoms with Gasteiger partial charge in [0.25, 0.3) is 0 Å². The van der Waals surface area contributed by atoms with Crippen molar-refractivity contribution in [3.63, 3.8) is 0 Å². The molecule has 4 nitrogen and oxygen atoms in total. The Hall–Kier alpha value is -1.72. The quantitative estimate of drug-likeness (QED) is 0.799. The lowest BCUT2D eigenvalue weighted by Gasteiger charge is -2.33. The van der Waals surface area contributed by atoms with Crippen molar-refractivity contribution in [2.75, 3.05) is 38.1 Å². The SMILES string of the molecule is CN1CCN(c2ccc(-c3cnc(Cl)cc3F)nc2)CC1. The minimum absolute atomic E-state index is 0.144. The molecule has 0 atom stereocenters. The van der Waals surface area contributed by atoms with Gasteiger partial charge in [-0.1, -0.05) is 11.6 Å². The summed E-state index contributed by atoms with van der Waals surface area (Å²) >= 11 is 5.66. The monoisotopic (exact) mass is 306 g/mol. The van der Waals surface area contributed by atoms with Crippen molar-refractivity contribution in [3.8, 4) is 11.3 Å². The fourth-order valence-electron chi connectivity index (χ4n) is 2.39. The summed E-state index contributed by atoms with van der Waals surface area (Å²) in [5.74, 6) is -0.408. The van der Waals surface area contributed by atoms with Crippen LogP contribution in [0, 0.1) is 5.82 Å². The number of piperazine rings is 1. The first-order chi connectivity index (χ1) is 10.1. The number of halogens is 2. The van der Waals surface area contributed by atoms with E-state index in [1.165, 1.54) is 12.3 Å². The van der Waals surface area contributed by atoms with E-state index < -0.39 is 5.82 Å². The number of hydrogen-bond donors (Lipinski definition) is 0. The number of anilines is 1. The van der Waals surface area contributed by atoms with Crippen molar-refractivity contribution in [2.24, 2.45) is 0 Å². The number of pyridine rings is 2. The van der Waals surface area contributed by atoms with E-state index in [0.29, 0.717) is 11.3 Å². The van der Waals surface area contributed by atoms with Gasteiger partial charge in [-0.05, 0) is 19.2 Å². The highest BCUT2D eigenvalue weighted by Crippen LogP contribution is 2.24. The minimum atomic E-state index is -0.408. The van der Waals surface area contributed by atoms with Crippen LogP contribution in [0.1, 0.15) is 0 Å². The minimum Gasteiger partial charge on any atom is -0.368 e. The van der Waals surface area contributed by atoms with E-state index in [1.54, 1.807) is 6.20 Å². The van der Waals surface area contributed by atoms with E-state index >= 15 is 0 Å². The van der Waals surface area contributed by atoms with Crippen molar-refractivity contribution in [2.45, 2.75) is 0 Å². The third kappa shape index (κ3) is 3.14. The molecule has 1 fully saturated rings. The van der Waals surface area contributed by atoms with Crippen LogP contribution in [0.3, 0.4) is 0 Å². The average molecular weight is 307 g/mol. The smallest absolute Gasteiger partial charge is 0.137 e. The summed E-state index contributed by atoms with van der Waals surface area (Å²) in [4.78, 5) is 12.8. The molecule has 0 amide bonds. The molecule has 1 aliphatic rings. The number of likely N-dealkylation sites (N-methyl/N-ethyl adjacent to an activating group) is 1. The van der Waals surface area contributed by atoms with Crippen molar-refractivity contribution < 1.29 is 4.39 Å². The van der Waals surface area contributed by atoms with Crippen LogP contribution >= 0.6 is 11.6 Å². The highest BCUT2D eigenvalue weighted by atomic mass is 35.5. The molecule has 0 bridgehead atoms. The van der Waals surface area contributed by atoms with Gasteiger partial charge in [0.05, 0.1) is 23.1 Å². The van der Waals surface area contributed by atoms with Crippen LogP contribution < -0.4 is 4.90 Å². The van der Waals surface area contributed by atoms with E-state index in [9.17, 15) is 4.39 Å². The van der Waals surface area contributed by atoms with Gasteiger partial charge in [0.2, 0.25) is 0 Å². The van der Waals surface area contributed by atoms with Crippen LogP contribution in [0.25, 0.3) is 11.3 Å². The average Bonchev–Trinajstić information content (AvgIpc) is 2.48. The first kappa shape index (κ1) is 14.2. The fraction of sp³-hybridized carbons (Fsp3) is 0.333. The lowest BCUT2D eigenvalue weighted by atomic mass is 10.1. The Balaban J connectivity index is 1.80. The molecule has 1 saturated heterocycles. The summed E-state index contributed by atoms with van der Waals surface area (Å²) in [6.45, 7) is 4.04. The van der Waals surface area contributed by atoms with Crippen LogP contribution in [-0.2, 0) is 0 Å². The summed E-state index contributed by atoms with van der Waals surface area (Å²) < 4.78 is 13.9. The Morgan fingerprint density at radius 3 is 2.48 bits per heavy atom. The van der Waals surface area contributed by atoms with Crippen molar-refractivity contribution in [1.29, 1.82) is 0 Å². The number of aromatic nitrogens is 2. The lowest BCUT2D eigenvalue weighted by Crippen LogP contribution is -2.44. The summed E-state index contributed by atoms with van der Waals surface area (Å²) in [5, 5.41) is 0.144. The molecule has 0 aromatic carbocycles. The molecule has 0 radical (unpaired) electrons. The van der Waals surface area contributed by atoms with Gasteiger partial charge in [0, 0.05) is 38.4 Å². The van der Waals surface area contributed by atoms with E-state index in [1.807, 2.05) is 12.1 Å². The summed E-state index contributed by atoms with van der Waals surface area (Å²) in [7, 11) is 2.12. The second kappa shape index (κ2) is 5.95. The molecule has 21 heavy (non-hydrogen) atoms. The molecule has 3 rings (SSSR count). The zero-order valence-electron chi connectivity index (χ0n) is 11.8. The predicted molar refractivity (Wildman–Crippen MR) is 82.1 cm³/mol. The third-order valence-corrected chi connectivity index (χ3v) is 3.92. The predicted octanol–water partition coefficient (Wildman–Crippen LogP) is 2.69. The zero-order valence-corrected chi connectivity index (χ0v) is 12.5. The molecule has 6 heteroatoms. The van der Waals surface area contributed by atoms with Crippen LogP contribution in [-0.4, -0.2) is 48.1 Å². The van der Waals surface area contributed by atoms with Crippen LogP contribution in [0.4, 0.5) is 10.1 Å². The standard InChI is InChI=1S/C15H16ClFN4/c1-20-4-6-21(7-5-20)11-2-3-14(18-9-11)12-10-19-15(16)8-13(12)17/h2-3,8-10H,4-7H2,1H3. The molecule has 2 aromatic heterocycles. The van der Waals surface area contributed by atoms with E-state index in [4.69, 9.17) is 11.6 Å². The second-order valence-electron chi connectivity index (χ2n) is 5.18. The maximum absolute atomic E-state index is 13.9. The van der Waals surface area contributed by atoms with Crippen molar-refractivity contribution >= 4 is 17.3 Å². The molecular weight excluding hydrogens is 291 g/mol. The van der Waals surface area contributed by atoms with Gasteiger partial charge in [-0.2, -0.15) is 0 Å². The molecule has 3 heterocycles. The topological polar surface area (TPSA) is 32.3 Å². The Morgan fingerprint density at radius 1 is 1.10 bits per heavy atom.